The first kappa shape index (κ1) is 18.7. The van der Waals surface area contributed by atoms with E-state index in [1.807, 2.05) is 11.3 Å². The van der Waals surface area contributed by atoms with Gasteiger partial charge in [0.15, 0.2) is 0 Å². The van der Waals surface area contributed by atoms with Gasteiger partial charge < -0.3 is 9.64 Å². The zero-order chi connectivity index (χ0) is 20.1. The van der Waals surface area contributed by atoms with E-state index in [1.54, 1.807) is 0 Å². The van der Waals surface area contributed by atoms with E-state index in [-0.39, 0.29) is 0 Å². The van der Waals surface area contributed by atoms with E-state index >= 15 is 0 Å². The number of hydrogen-bond donors (Lipinski definition) is 0. The topological polar surface area (TPSA) is 41.5 Å². The van der Waals surface area contributed by atoms with Crippen LogP contribution in [0.2, 0.25) is 0 Å². The van der Waals surface area contributed by atoms with E-state index in [0.717, 1.165) is 69.8 Å². The molecule has 3 aliphatic rings. The number of rotatable bonds is 3. The first-order valence-electron chi connectivity index (χ1n) is 11.2. The Labute approximate surface area is 181 Å². The molecule has 156 valence electrons. The molecule has 0 saturated carbocycles. The molecule has 0 N–H and O–H groups in total. The Bertz CT molecular complexity index is 1090. The predicted molar refractivity (Wildman–Crippen MR) is 122 cm³/mol. The van der Waals surface area contributed by atoms with Crippen LogP contribution in [0, 0.1) is 5.92 Å². The van der Waals surface area contributed by atoms with E-state index in [1.165, 1.54) is 44.7 Å². The van der Waals surface area contributed by atoms with Crippen LogP contribution in [-0.4, -0.2) is 47.7 Å². The molecule has 0 unspecified atom stereocenters. The summed E-state index contributed by atoms with van der Waals surface area (Å²) in [4.78, 5) is 17.9. The fraction of sp³-hybridized carbons (Fsp3) is 0.500. The summed E-state index contributed by atoms with van der Waals surface area (Å²) in [5.41, 5.74) is 4.26. The van der Waals surface area contributed by atoms with Gasteiger partial charge in [0.05, 0.1) is 25.1 Å². The maximum absolute atomic E-state index is 5.53. The summed E-state index contributed by atoms with van der Waals surface area (Å²) in [7, 11) is 0. The first-order valence-corrected chi connectivity index (χ1v) is 12.0. The third-order valence-corrected chi connectivity index (χ3v) is 7.94. The molecule has 0 amide bonds. The molecule has 0 bridgehead atoms. The van der Waals surface area contributed by atoms with Crippen molar-refractivity contribution in [2.75, 3.05) is 37.7 Å². The summed E-state index contributed by atoms with van der Waals surface area (Å²) >= 11 is 1.91. The van der Waals surface area contributed by atoms with Crippen LogP contribution in [0.15, 0.2) is 24.3 Å². The molecule has 0 radical (unpaired) electrons. The normalized spacial score (nSPS) is 21.8. The van der Waals surface area contributed by atoms with Crippen LogP contribution in [0.25, 0.3) is 10.2 Å². The molecule has 2 aromatic heterocycles. The molecule has 1 atom stereocenters. The average Bonchev–Trinajstić information content (AvgIpc) is 3.34. The van der Waals surface area contributed by atoms with Crippen LogP contribution in [0.3, 0.4) is 0 Å². The fourth-order valence-corrected chi connectivity index (χ4v) is 6.55. The predicted octanol–water partition coefficient (Wildman–Crippen LogP) is 4.34. The molecular formula is C24H28N4OS. The van der Waals surface area contributed by atoms with Crippen molar-refractivity contribution in [3.63, 3.8) is 0 Å². The van der Waals surface area contributed by atoms with Gasteiger partial charge in [0, 0.05) is 30.2 Å². The molecule has 4 heterocycles. The Morgan fingerprint density at radius 3 is 2.87 bits per heavy atom. The minimum atomic E-state index is 0.766. The highest BCUT2D eigenvalue weighted by molar-refractivity contribution is 7.19. The van der Waals surface area contributed by atoms with Crippen molar-refractivity contribution in [1.82, 2.24) is 14.9 Å². The lowest BCUT2D eigenvalue weighted by Crippen LogP contribution is -2.36. The number of nitrogens with zero attached hydrogens (tertiary/aromatic N) is 4. The van der Waals surface area contributed by atoms with E-state index in [2.05, 4.69) is 41.0 Å². The third kappa shape index (κ3) is 3.22. The number of benzene rings is 1. The monoisotopic (exact) mass is 420 g/mol. The highest BCUT2D eigenvalue weighted by Crippen LogP contribution is 2.44. The number of ether oxygens (including phenoxy) is 1. The Morgan fingerprint density at radius 2 is 1.97 bits per heavy atom. The van der Waals surface area contributed by atoms with Crippen molar-refractivity contribution in [3.8, 4) is 0 Å². The maximum atomic E-state index is 5.53. The summed E-state index contributed by atoms with van der Waals surface area (Å²) in [6.45, 7) is 7.72. The maximum Gasteiger partial charge on any atom is 0.146 e. The van der Waals surface area contributed by atoms with Crippen molar-refractivity contribution >= 4 is 33.1 Å². The molecule has 6 heteroatoms. The molecule has 5 nitrogen and oxygen atoms in total. The van der Waals surface area contributed by atoms with Crippen molar-refractivity contribution in [2.24, 2.45) is 5.92 Å². The van der Waals surface area contributed by atoms with Gasteiger partial charge in [-0.25, -0.2) is 9.97 Å². The van der Waals surface area contributed by atoms with Gasteiger partial charge in [0.1, 0.15) is 16.5 Å². The molecule has 2 aliphatic heterocycles. The van der Waals surface area contributed by atoms with Gasteiger partial charge in [-0.3, -0.25) is 4.90 Å². The number of para-hydroxylation sites is 1. The SMILES string of the molecule is C[C@@H]1CCc2c(sc3nc(CN4CCOCC4)nc(N4CCc5ccccc54)c23)C1. The van der Waals surface area contributed by atoms with Gasteiger partial charge in [-0.2, -0.15) is 0 Å². The number of aromatic nitrogens is 2. The van der Waals surface area contributed by atoms with E-state index < -0.39 is 0 Å². The Hall–Kier alpha value is -2.02. The van der Waals surface area contributed by atoms with Crippen LogP contribution in [0.5, 0.6) is 0 Å². The first-order chi connectivity index (χ1) is 14.8. The van der Waals surface area contributed by atoms with Gasteiger partial charge in [-0.1, -0.05) is 25.1 Å². The number of aryl methyl sites for hydroxylation is 1. The summed E-state index contributed by atoms with van der Waals surface area (Å²) in [5.74, 6) is 2.86. The summed E-state index contributed by atoms with van der Waals surface area (Å²) in [6.07, 6.45) is 4.70. The van der Waals surface area contributed by atoms with Crippen molar-refractivity contribution in [1.29, 1.82) is 0 Å². The molecular weight excluding hydrogens is 392 g/mol. The van der Waals surface area contributed by atoms with Gasteiger partial charge in [0.25, 0.3) is 0 Å². The van der Waals surface area contributed by atoms with E-state index in [4.69, 9.17) is 14.7 Å². The van der Waals surface area contributed by atoms with Crippen LogP contribution >= 0.6 is 11.3 Å². The molecule has 6 rings (SSSR count). The second-order valence-electron chi connectivity index (χ2n) is 8.91. The minimum absolute atomic E-state index is 0.766. The largest absolute Gasteiger partial charge is 0.379 e. The number of fused-ring (bicyclic) bond motifs is 4. The van der Waals surface area contributed by atoms with Crippen LogP contribution in [-0.2, 0) is 30.5 Å². The standard InChI is InChI=1S/C24H28N4OS/c1-16-6-7-18-20(14-16)30-24-22(18)23(28-9-8-17-4-2-3-5-19(17)28)25-21(26-24)15-27-10-12-29-13-11-27/h2-5,16H,6-15H2,1H3/t16-/m1/s1. The zero-order valence-corrected chi connectivity index (χ0v) is 18.4. The molecule has 1 fully saturated rings. The highest BCUT2D eigenvalue weighted by atomic mass is 32.1. The second kappa shape index (κ2) is 7.59. The molecule has 1 aliphatic carbocycles. The summed E-state index contributed by atoms with van der Waals surface area (Å²) in [5, 5.41) is 1.32. The summed E-state index contributed by atoms with van der Waals surface area (Å²) < 4.78 is 5.53. The van der Waals surface area contributed by atoms with Crippen molar-refractivity contribution in [2.45, 2.75) is 39.2 Å². The number of morpholine rings is 1. The number of thiophene rings is 1. The minimum Gasteiger partial charge on any atom is -0.379 e. The third-order valence-electron chi connectivity index (χ3n) is 6.79. The lowest BCUT2D eigenvalue weighted by Gasteiger charge is -2.27. The van der Waals surface area contributed by atoms with Gasteiger partial charge in [-0.05, 0) is 48.8 Å². The van der Waals surface area contributed by atoms with Crippen molar-refractivity contribution in [3.05, 3.63) is 46.1 Å². The number of anilines is 2. The summed E-state index contributed by atoms with van der Waals surface area (Å²) in [6, 6.07) is 8.80. The van der Waals surface area contributed by atoms with Crippen LogP contribution in [0.4, 0.5) is 11.5 Å². The lowest BCUT2D eigenvalue weighted by molar-refractivity contribution is 0.0331. The van der Waals surface area contributed by atoms with E-state index in [9.17, 15) is 0 Å². The number of hydrogen-bond acceptors (Lipinski definition) is 6. The quantitative estimate of drug-likeness (QED) is 0.630. The highest BCUT2D eigenvalue weighted by Gasteiger charge is 2.29. The van der Waals surface area contributed by atoms with Gasteiger partial charge >= 0.3 is 0 Å². The second-order valence-corrected chi connectivity index (χ2v) is 10.00. The zero-order valence-electron chi connectivity index (χ0n) is 17.6. The van der Waals surface area contributed by atoms with Gasteiger partial charge in [0.2, 0.25) is 0 Å². The Kier molecular flexibility index (Phi) is 4.74. The molecule has 1 saturated heterocycles. The molecule has 3 aromatic rings. The lowest BCUT2D eigenvalue weighted by atomic mass is 9.89. The Morgan fingerprint density at radius 1 is 1.10 bits per heavy atom. The van der Waals surface area contributed by atoms with Crippen LogP contribution < -0.4 is 4.90 Å². The smallest absolute Gasteiger partial charge is 0.146 e. The van der Waals surface area contributed by atoms with E-state index in [0.29, 0.717) is 0 Å². The molecule has 0 spiro atoms. The van der Waals surface area contributed by atoms with Gasteiger partial charge in [-0.15, -0.1) is 11.3 Å². The van der Waals surface area contributed by atoms with Crippen LogP contribution in [0.1, 0.15) is 35.2 Å². The van der Waals surface area contributed by atoms with Crippen molar-refractivity contribution < 1.29 is 4.74 Å². The fourth-order valence-electron chi connectivity index (χ4n) is 5.15. The molecule has 1 aromatic carbocycles. The Balaban J connectivity index is 1.48. The molecule has 30 heavy (non-hydrogen) atoms. The average molecular weight is 421 g/mol.